The maximum absolute atomic E-state index is 13.3. The number of benzene rings is 2. The lowest BCUT2D eigenvalue weighted by Gasteiger charge is -2.22. The van der Waals surface area contributed by atoms with Gasteiger partial charge in [0.2, 0.25) is 11.8 Å². The predicted octanol–water partition coefficient (Wildman–Crippen LogP) is 1.14. The van der Waals surface area contributed by atoms with E-state index in [1.807, 2.05) is 0 Å². The molecule has 0 unspecified atom stereocenters. The Morgan fingerprint density at radius 2 is 1.47 bits per heavy atom. The van der Waals surface area contributed by atoms with Gasteiger partial charge >= 0.3 is 0 Å². The minimum atomic E-state index is -1.48. The first-order chi connectivity index (χ1) is 15.1. The van der Waals surface area contributed by atoms with Gasteiger partial charge < -0.3 is 20.4 Å². The molecular formula is C22H22F2N4O4. The molecule has 1 atom stereocenters. The minimum Gasteiger partial charge on any atom is -0.344 e. The summed E-state index contributed by atoms with van der Waals surface area (Å²) in [4.78, 5) is 53.1. The van der Waals surface area contributed by atoms with Gasteiger partial charge in [-0.15, -0.1) is 0 Å². The second-order valence-electron chi connectivity index (χ2n) is 7.47. The molecule has 1 heterocycles. The molecule has 10 heteroatoms. The van der Waals surface area contributed by atoms with Crippen LogP contribution in [0.2, 0.25) is 0 Å². The third-order valence-corrected chi connectivity index (χ3v) is 5.10. The van der Waals surface area contributed by atoms with Crippen LogP contribution in [-0.4, -0.2) is 49.8 Å². The van der Waals surface area contributed by atoms with Crippen molar-refractivity contribution in [1.82, 2.24) is 10.6 Å². The molecule has 32 heavy (non-hydrogen) atoms. The molecule has 1 aliphatic heterocycles. The fraction of sp³-hybridized carbons (Fsp3) is 0.273. The van der Waals surface area contributed by atoms with Gasteiger partial charge in [-0.25, -0.2) is 8.78 Å². The van der Waals surface area contributed by atoms with E-state index < -0.39 is 47.3 Å². The maximum Gasteiger partial charge on any atom is 0.259 e. The zero-order chi connectivity index (χ0) is 23.6. The maximum atomic E-state index is 13.3. The zero-order valence-corrected chi connectivity index (χ0v) is 17.7. The van der Waals surface area contributed by atoms with Crippen molar-refractivity contribution in [3.8, 4) is 0 Å². The molecule has 2 N–H and O–H groups in total. The fourth-order valence-electron chi connectivity index (χ4n) is 3.41. The van der Waals surface area contributed by atoms with Crippen LogP contribution in [0.1, 0.15) is 12.5 Å². The summed E-state index contributed by atoms with van der Waals surface area (Å²) in [6.07, 6.45) is -0.353. The summed E-state index contributed by atoms with van der Waals surface area (Å²) in [6.45, 7) is 1.37. The van der Waals surface area contributed by atoms with Crippen LogP contribution in [-0.2, 0) is 25.6 Å². The number of carbonyl (C=O) groups is 4. The van der Waals surface area contributed by atoms with Crippen LogP contribution in [0.3, 0.4) is 0 Å². The molecule has 0 saturated heterocycles. The number of para-hydroxylation sites is 2. The molecule has 0 bridgehead atoms. The van der Waals surface area contributed by atoms with E-state index in [4.69, 9.17) is 0 Å². The molecular weight excluding hydrogens is 422 g/mol. The highest BCUT2D eigenvalue weighted by Crippen LogP contribution is 2.31. The zero-order valence-electron chi connectivity index (χ0n) is 17.7. The molecule has 1 aliphatic rings. The van der Waals surface area contributed by atoms with Gasteiger partial charge in [-0.2, -0.15) is 0 Å². The van der Waals surface area contributed by atoms with E-state index in [1.54, 1.807) is 24.3 Å². The lowest BCUT2D eigenvalue weighted by Crippen LogP contribution is -2.57. The van der Waals surface area contributed by atoms with Crippen LogP contribution in [0.4, 0.5) is 20.2 Å². The SMILES string of the molecule is C[C@H](NC(=O)Cc1cc(F)cc(F)c1)C(=O)NC1C(=O)N(C)c2ccccc2N(C)C1=O. The summed E-state index contributed by atoms with van der Waals surface area (Å²) in [5.41, 5.74) is 1.12. The Morgan fingerprint density at radius 3 is 1.97 bits per heavy atom. The lowest BCUT2D eigenvalue weighted by molar-refractivity contribution is -0.135. The van der Waals surface area contributed by atoms with E-state index >= 15 is 0 Å². The third-order valence-electron chi connectivity index (χ3n) is 5.10. The number of halogens is 2. The fourth-order valence-corrected chi connectivity index (χ4v) is 3.41. The number of hydrogen-bond acceptors (Lipinski definition) is 4. The third kappa shape index (κ3) is 4.74. The van der Waals surface area contributed by atoms with E-state index in [-0.39, 0.29) is 12.0 Å². The molecule has 0 fully saturated rings. The van der Waals surface area contributed by atoms with Crippen molar-refractivity contribution in [3.05, 3.63) is 59.7 Å². The Morgan fingerprint density at radius 1 is 0.969 bits per heavy atom. The summed E-state index contributed by atoms with van der Waals surface area (Å²) in [5.74, 6) is -4.32. The first-order valence-corrected chi connectivity index (χ1v) is 9.77. The van der Waals surface area contributed by atoms with Crippen LogP contribution in [0.15, 0.2) is 42.5 Å². The number of likely N-dealkylation sites (N-methyl/N-ethyl adjacent to an activating group) is 2. The average Bonchev–Trinajstić information content (AvgIpc) is 2.79. The molecule has 0 aliphatic carbocycles. The number of nitrogens with one attached hydrogen (secondary N) is 2. The molecule has 2 aromatic carbocycles. The van der Waals surface area contributed by atoms with Crippen molar-refractivity contribution < 1.29 is 28.0 Å². The summed E-state index contributed by atoms with van der Waals surface area (Å²) in [7, 11) is 2.99. The van der Waals surface area contributed by atoms with Gasteiger partial charge in [0.05, 0.1) is 17.8 Å². The summed E-state index contributed by atoms with van der Waals surface area (Å²) >= 11 is 0. The number of hydrogen-bond donors (Lipinski definition) is 2. The average molecular weight is 444 g/mol. The first kappa shape index (κ1) is 22.9. The van der Waals surface area contributed by atoms with Crippen LogP contribution in [0, 0.1) is 11.6 Å². The van der Waals surface area contributed by atoms with Crippen molar-refractivity contribution >= 4 is 35.0 Å². The second-order valence-corrected chi connectivity index (χ2v) is 7.47. The van der Waals surface area contributed by atoms with E-state index in [9.17, 15) is 28.0 Å². The summed E-state index contributed by atoms with van der Waals surface area (Å²) in [5, 5.41) is 4.78. The molecule has 168 valence electrons. The highest BCUT2D eigenvalue weighted by Gasteiger charge is 2.39. The van der Waals surface area contributed by atoms with Gasteiger partial charge in [0.1, 0.15) is 17.7 Å². The van der Waals surface area contributed by atoms with Gasteiger partial charge in [-0.05, 0) is 36.8 Å². The topological polar surface area (TPSA) is 98.8 Å². The molecule has 0 radical (unpaired) electrons. The molecule has 4 amide bonds. The Kier molecular flexibility index (Phi) is 6.52. The molecule has 8 nitrogen and oxygen atoms in total. The van der Waals surface area contributed by atoms with Crippen LogP contribution >= 0.6 is 0 Å². The van der Waals surface area contributed by atoms with Gasteiger partial charge in [0.25, 0.3) is 11.8 Å². The smallest absolute Gasteiger partial charge is 0.259 e. The predicted molar refractivity (Wildman–Crippen MR) is 113 cm³/mol. The van der Waals surface area contributed by atoms with E-state index in [2.05, 4.69) is 10.6 Å². The van der Waals surface area contributed by atoms with Gasteiger partial charge in [0, 0.05) is 20.2 Å². The van der Waals surface area contributed by atoms with E-state index in [0.29, 0.717) is 17.4 Å². The van der Waals surface area contributed by atoms with Gasteiger partial charge in [0.15, 0.2) is 6.04 Å². The van der Waals surface area contributed by atoms with Crippen molar-refractivity contribution in [2.24, 2.45) is 0 Å². The Bertz CT molecular complexity index is 1030. The number of rotatable bonds is 5. The standard InChI is InChI=1S/C22H22F2N4O4/c1-12(25-18(29)10-13-8-14(23)11-15(24)9-13)20(30)26-19-21(31)27(2)16-6-4-5-7-17(16)28(3)22(19)32/h4-9,11-12,19H,10H2,1-3H3,(H,25,29)(H,26,30)/t12-/m0/s1. The Hall–Kier alpha value is -3.82. The minimum absolute atomic E-state index is 0.0998. The van der Waals surface area contributed by atoms with Crippen molar-refractivity contribution in [2.75, 3.05) is 23.9 Å². The first-order valence-electron chi connectivity index (χ1n) is 9.77. The Balaban J connectivity index is 1.68. The quantitative estimate of drug-likeness (QED) is 0.676. The normalized spacial score (nSPS) is 15.2. The number of carbonyl (C=O) groups excluding carboxylic acids is 4. The number of fused-ring (bicyclic) bond motifs is 1. The second kappa shape index (κ2) is 9.13. The van der Waals surface area contributed by atoms with Crippen molar-refractivity contribution in [2.45, 2.75) is 25.4 Å². The lowest BCUT2D eigenvalue weighted by atomic mass is 10.1. The van der Waals surface area contributed by atoms with Gasteiger partial charge in [-0.1, -0.05) is 12.1 Å². The summed E-state index contributed by atoms with van der Waals surface area (Å²) < 4.78 is 26.6. The monoisotopic (exact) mass is 444 g/mol. The number of nitrogens with zero attached hydrogens (tertiary/aromatic N) is 2. The largest absolute Gasteiger partial charge is 0.344 e. The summed E-state index contributed by atoms with van der Waals surface area (Å²) in [6, 6.07) is 6.93. The number of anilines is 2. The highest BCUT2D eigenvalue weighted by molar-refractivity contribution is 6.21. The van der Waals surface area contributed by atoms with Crippen molar-refractivity contribution in [1.29, 1.82) is 0 Å². The highest BCUT2D eigenvalue weighted by atomic mass is 19.1. The Labute approximate surface area is 183 Å². The number of amides is 4. The van der Waals surface area contributed by atoms with Crippen LogP contribution < -0.4 is 20.4 Å². The van der Waals surface area contributed by atoms with E-state index in [0.717, 1.165) is 12.1 Å². The molecule has 0 spiro atoms. The molecule has 2 aromatic rings. The van der Waals surface area contributed by atoms with Gasteiger partial charge in [-0.3, -0.25) is 19.2 Å². The molecule has 0 saturated carbocycles. The van der Waals surface area contributed by atoms with Crippen molar-refractivity contribution in [3.63, 3.8) is 0 Å². The molecule has 3 rings (SSSR count). The molecule has 0 aromatic heterocycles. The van der Waals surface area contributed by atoms with Crippen LogP contribution in [0.25, 0.3) is 0 Å². The van der Waals surface area contributed by atoms with E-state index in [1.165, 1.54) is 30.8 Å². The van der Waals surface area contributed by atoms with Crippen LogP contribution in [0.5, 0.6) is 0 Å².